The summed E-state index contributed by atoms with van der Waals surface area (Å²) >= 11 is 1.04. The van der Waals surface area contributed by atoms with Crippen molar-refractivity contribution in [3.8, 4) is 6.07 Å². The van der Waals surface area contributed by atoms with Crippen molar-refractivity contribution in [1.29, 1.82) is 5.26 Å². The summed E-state index contributed by atoms with van der Waals surface area (Å²) in [6, 6.07) is 3.46. The summed E-state index contributed by atoms with van der Waals surface area (Å²) in [6.45, 7) is 6.64. The van der Waals surface area contributed by atoms with Crippen molar-refractivity contribution >= 4 is 40.5 Å². The van der Waals surface area contributed by atoms with Gasteiger partial charge in [0, 0.05) is 32.6 Å². The van der Waals surface area contributed by atoms with Gasteiger partial charge in [0.1, 0.15) is 27.7 Å². The molecule has 0 saturated carbocycles. The first kappa shape index (κ1) is 24.3. The zero-order valence-corrected chi connectivity index (χ0v) is 18.5. The van der Waals surface area contributed by atoms with E-state index in [0.717, 1.165) is 11.3 Å². The van der Waals surface area contributed by atoms with Gasteiger partial charge in [0.05, 0.1) is 6.61 Å². The summed E-state index contributed by atoms with van der Waals surface area (Å²) in [6.07, 6.45) is 4.39. The molecule has 2 rings (SSSR count). The smallest absolute Gasteiger partial charge is 0.357 e. The Morgan fingerprint density at radius 3 is 2.97 bits per heavy atom. The van der Waals surface area contributed by atoms with Crippen LogP contribution in [0.5, 0.6) is 0 Å². The average molecular weight is 455 g/mol. The molecule has 0 fully saturated rings. The monoisotopic (exact) mass is 454 g/mol. The lowest BCUT2D eigenvalue weighted by Crippen LogP contribution is -2.30. The van der Waals surface area contributed by atoms with Gasteiger partial charge in [0.15, 0.2) is 5.57 Å². The third-order valence-corrected chi connectivity index (χ3v) is 4.76. The van der Waals surface area contributed by atoms with E-state index < -0.39 is 5.97 Å². The summed E-state index contributed by atoms with van der Waals surface area (Å²) in [5.41, 5.74) is 4.85. The van der Waals surface area contributed by atoms with E-state index in [2.05, 4.69) is 38.6 Å². The lowest BCUT2D eigenvalue weighted by molar-refractivity contribution is -0.137. The molecule has 0 aliphatic heterocycles. The number of esters is 1. The number of rotatable bonds is 10. The Balaban J connectivity index is 2.39. The van der Waals surface area contributed by atoms with E-state index in [0.29, 0.717) is 36.1 Å². The molecule has 2 aromatic rings. The molecule has 32 heavy (non-hydrogen) atoms. The minimum atomic E-state index is -0.838. The topological polar surface area (TPSA) is 131 Å². The molecule has 0 aliphatic carbocycles. The van der Waals surface area contributed by atoms with Crippen LogP contribution in [0.25, 0.3) is 11.5 Å². The van der Waals surface area contributed by atoms with Crippen LogP contribution in [0, 0.1) is 11.3 Å². The maximum absolute atomic E-state index is 12.6. The predicted octanol–water partition coefficient (Wildman–Crippen LogP) is 0.342. The molecule has 0 aliphatic rings. The van der Waals surface area contributed by atoms with Gasteiger partial charge in [0.25, 0.3) is 5.56 Å². The zero-order chi connectivity index (χ0) is 23.3. The van der Waals surface area contributed by atoms with Crippen LogP contribution in [0.1, 0.15) is 6.92 Å². The molecule has 0 amide bonds. The molecule has 2 N–H and O–H groups in total. The molecular formula is C21H22N6O4S. The number of carbonyl (C=O) groups is 1. The van der Waals surface area contributed by atoms with Gasteiger partial charge in [0.2, 0.25) is 5.95 Å². The number of anilines is 2. The summed E-state index contributed by atoms with van der Waals surface area (Å²) in [7, 11) is 1.61. The molecule has 0 unspecified atom stereocenters. The Labute approximate surface area is 188 Å². The zero-order valence-electron chi connectivity index (χ0n) is 17.7. The molecule has 11 heteroatoms. The van der Waals surface area contributed by atoms with Crippen molar-refractivity contribution in [1.82, 2.24) is 14.5 Å². The summed E-state index contributed by atoms with van der Waals surface area (Å²) in [4.78, 5) is 32.9. The second-order valence-corrected chi connectivity index (χ2v) is 6.90. The highest BCUT2D eigenvalue weighted by atomic mass is 32.1. The van der Waals surface area contributed by atoms with E-state index in [-0.39, 0.29) is 22.3 Å². The lowest BCUT2D eigenvalue weighted by Gasteiger charge is -2.05. The number of hydrogen-bond acceptors (Lipinski definition) is 10. The highest BCUT2D eigenvalue weighted by Crippen LogP contribution is 2.04. The van der Waals surface area contributed by atoms with Gasteiger partial charge in [-0.2, -0.15) is 10.2 Å². The Bertz CT molecular complexity index is 1260. The number of nitrogens with one attached hydrogen (secondary N) is 2. The highest BCUT2D eigenvalue weighted by molar-refractivity contribution is 7.07. The second kappa shape index (κ2) is 12.7. The largest absolute Gasteiger partial charge is 0.457 e. The maximum atomic E-state index is 12.6. The molecule has 2 heterocycles. The number of carbonyl (C=O) groups excluding carboxylic acids is 1. The quantitative estimate of drug-likeness (QED) is 0.172. The molecule has 0 bridgehead atoms. The van der Waals surface area contributed by atoms with Gasteiger partial charge in [-0.3, -0.25) is 9.36 Å². The van der Waals surface area contributed by atoms with E-state index in [4.69, 9.17) is 9.47 Å². The van der Waals surface area contributed by atoms with Gasteiger partial charge < -0.3 is 20.1 Å². The van der Waals surface area contributed by atoms with Gasteiger partial charge in [-0.25, -0.2) is 9.78 Å². The number of nitriles is 1. The van der Waals surface area contributed by atoms with Crippen molar-refractivity contribution in [3.05, 3.63) is 56.2 Å². The first-order valence-electron chi connectivity index (χ1n) is 9.50. The van der Waals surface area contributed by atoms with Crippen LogP contribution in [-0.4, -0.2) is 47.4 Å². The van der Waals surface area contributed by atoms with Crippen molar-refractivity contribution < 1.29 is 14.3 Å². The predicted molar refractivity (Wildman–Crippen MR) is 121 cm³/mol. The molecule has 0 saturated heterocycles. The average Bonchev–Trinajstić information content (AvgIpc) is 3.10. The summed E-state index contributed by atoms with van der Waals surface area (Å²) in [5.74, 6) is 0.0947. The second-order valence-electron chi connectivity index (χ2n) is 5.90. The first-order chi connectivity index (χ1) is 15.5. The molecule has 0 aromatic carbocycles. The van der Waals surface area contributed by atoms with Crippen LogP contribution in [0.3, 0.4) is 0 Å². The van der Waals surface area contributed by atoms with Crippen LogP contribution in [0.15, 0.2) is 41.5 Å². The van der Waals surface area contributed by atoms with Crippen LogP contribution >= 0.6 is 11.3 Å². The highest BCUT2D eigenvalue weighted by Gasteiger charge is 2.10. The number of thiazole rings is 1. The lowest BCUT2D eigenvalue weighted by atomic mass is 10.3. The standard InChI is InChI=1S/C21H22N6O4S/c1-4-11-31-20(29)15(14-22)13-18-27(5-2)19(28)16(32-18)6-8-24-21-25-9-7-17(26-21)23-10-12-30-3/h4,7-9H,1,5,10-12H2,2-3H3,(H2,23,24,25,26). The minimum Gasteiger partial charge on any atom is -0.457 e. The van der Waals surface area contributed by atoms with E-state index in [1.165, 1.54) is 16.8 Å². The Morgan fingerprint density at radius 2 is 2.28 bits per heavy atom. The van der Waals surface area contributed by atoms with E-state index in [1.54, 1.807) is 32.4 Å². The SMILES string of the molecule is C=CCOC(=O)C(=C=c1sc(=C=CNc2nccc(NCCOC)n2)c(=O)n1CC)C#N. The first-order valence-corrected chi connectivity index (χ1v) is 10.3. The van der Waals surface area contributed by atoms with Gasteiger partial charge in [-0.15, -0.1) is 0 Å². The van der Waals surface area contributed by atoms with Gasteiger partial charge in [-0.1, -0.05) is 35.5 Å². The van der Waals surface area contributed by atoms with Crippen LogP contribution in [0.4, 0.5) is 11.8 Å². The molecule has 0 atom stereocenters. The van der Waals surface area contributed by atoms with E-state index >= 15 is 0 Å². The number of ether oxygens (including phenoxy) is 2. The molecule has 166 valence electrons. The summed E-state index contributed by atoms with van der Waals surface area (Å²) < 4.78 is 11.8. The van der Waals surface area contributed by atoms with Crippen molar-refractivity contribution in [3.63, 3.8) is 0 Å². The third-order valence-electron chi connectivity index (χ3n) is 3.75. The minimum absolute atomic E-state index is 0.0324. The Kier molecular flexibility index (Phi) is 9.66. The van der Waals surface area contributed by atoms with Crippen LogP contribution in [-0.2, 0) is 20.8 Å². The van der Waals surface area contributed by atoms with Crippen LogP contribution in [0.2, 0.25) is 0 Å². The van der Waals surface area contributed by atoms with Crippen molar-refractivity contribution in [2.45, 2.75) is 13.5 Å². The fourth-order valence-corrected chi connectivity index (χ4v) is 3.28. The van der Waals surface area contributed by atoms with E-state index in [9.17, 15) is 14.9 Å². The fraction of sp³-hybridized carbons (Fsp3) is 0.286. The Hall–Kier alpha value is -3.93. The Morgan fingerprint density at radius 1 is 1.47 bits per heavy atom. The third kappa shape index (κ3) is 6.80. The van der Waals surface area contributed by atoms with Crippen molar-refractivity contribution in [2.75, 3.05) is 37.5 Å². The molecule has 10 nitrogen and oxygen atoms in total. The normalized spacial score (nSPS) is 9.66. The molecule has 0 radical (unpaired) electrons. The molecule has 0 spiro atoms. The van der Waals surface area contributed by atoms with Gasteiger partial charge in [-0.05, 0) is 13.0 Å². The molecular weight excluding hydrogens is 432 g/mol. The number of aromatic nitrogens is 3. The fourth-order valence-electron chi connectivity index (χ4n) is 2.29. The number of methoxy groups -OCH3 is 1. The van der Waals surface area contributed by atoms with Crippen molar-refractivity contribution in [2.24, 2.45) is 0 Å². The van der Waals surface area contributed by atoms with Gasteiger partial charge >= 0.3 is 5.97 Å². The number of nitrogens with zero attached hydrogens (tertiary/aromatic N) is 4. The van der Waals surface area contributed by atoms with E-state index in [1.807, 2.05) is 0 Å². The maximum Gasteiger partial charge on any atom is 0.357 e. The summed E-state index contributed by atoms with van der Waals surface area (Å²) in [5, 5.41) is 15.2. The molecule has 2 aromatic heterocycles. The van der Waals surface area contributed by atoms with Crippen LogP contribution < -0.4 is 25.4 Å². The number of hydrogen-bond donors (Lipinski definition) is 2.